The molecule has 1 aromatic carbocycles. The average molecular weight is 387 g/mol. The molecule has 0 spiro atoms. The SMILES string of the molecule is CN(C(=O)OC(C)(C)C)[C@@H](CC#N)[C@@H]1CCN(C(=O)OCc2ccccc2)C1. The molecule has 152 valence electrons. The van der Waals surface area contributed by atoms with Crippen molar-refractivity contribution in [3.63, 3.8) is 0 Å². The normalized spacial score (nSPS) is 17.5. The Hall–Kier alpha value is -2.75. The third kappa shape index (κ3) is 6.15. The number of ether oxygens (including phenoxy) is 2. The predicted molar refractivity (Wildman–Crippen MR) is 104 cm³/mol. The number of amides is 2. The fourth-order valence-corrected chi connectivity index (χ4v) is 3.26. The molecule has 0 aromatic heterocycles. The molecular weight excluding hydrogens is 358 g/mol. The summed E-state index contributed by atoms with van der Waals surface area (Å²) in [5.74, 6) is 0.00134. The number of hydrogen-bond acceptors (Lipinski definition) is 5. The highest BCUT2D eigenvalue weighted by Gasteiger charge is 2.37. The van der Waals surface area contributed by atoms with Crippen LogP contribution in [0.25, 0.3) is 0 Å². The maximum atomic E-state index is 12.4. The summed E-state index contributed by atoms with van der Waals surface area (Å²) in [6, 6.07) is 11.3. The van der Waals surface area contributed by atoms with Crippen molar-refractivity contribution in [2.24, 2.45) is 5.92 Å². The van der Waals surface area contributed by atoms with E-state index in [0.717, 1.165) is 5.56 Å². The number of likely N-dealkylation sites (tertiary alicyclic amines) is 1. The zero-order chi connectivity index (χ0) is 20.7. The van der Waals surface area contributed by atoms with Crippen LogP contribution in [0.2, 0.25) is 0 Å². The summed E-state index contributed by atoms with van der Waals surface area (Å²) in [5.41, 5.74) is 0.324. The zero-order valence-corrected chi connectivity index (χ0v) is 17.1. The Balaban J connectivity index is 1.93. The van der Waals surface area contributed by atoms with Gasteiger partial charge in [0, 0.05) is 20.1 Å². The number of nitriles is 1. The number of rotatable bonds is 5. The van der Waals surface area contributed by atoms with Gasteiger partial charge in [-0.25, -0.2) is 9.59 Å². The van der Waals surface area contributed by atoms with Crippen LogP contribution in [0.5, 0.6) is 0 Å². The molecular formula is C21H29N3O4. The van der Waals surface area contributed by atoms with Gasteiger partial charge in [0.1, 0.15) is 12.2 Å². The lowest BCUT2D eigenvalue weighted by Crippen LogP contribution is -2.45. The van der Waals surface area contributed by atoms with Crippen molar-refractivity contribution in [1.29, 1.82) is 5.26 Å². The van der Waals surface area contributed by atoms with Gasteiger partial charge in [-0.15, -0.1) is 0 Å². The molecule has 1 fully saturated rings. The third-order valence-electron chi connectivity index (χ3n) is 4.71. The van der Waals surface area contributed by atoms with Gasteiger partial charge >= 0.3 is 12.2 Å². The van der Waals surface area contributed by atoms with Crippen LogP contribution in [-0.4, -0.2) is 53.8 Å². The van der Waals surface area contributed by atoms with Crippen molar-refractivity contribution in [2.75, 3.05) is 20.1 Å². The van der Waals surface area contributed by atoms with Crippen molar-refractivity contribution in [2.45, 2.75) is 51.9 Å². The standard InChI is InChI=1S/C21H29N3O4/c1-21(2,3)28-19(25)23(4)18(10-12-22)17-11-13-24(14-17)20(26)27-15-16-8-6-5-7-9-16/h5-9,17-18H,10-11,13-15H2,1-4H3/t17-,18+/m1/s1. The van der Waals surface area contributed by atoms with Gasteiger partial charge in [0.15, 0.2) is 0 Å². The second-order valence-corrected chi connectivity index (χ2v) is 8.06. The van der Waals surface area contributed by atoms with Crippen molar-refractivity contribution >= 4 is 12.2 Å². The van der Waals surface area contributed by atoms with Gasteiger partial charge in [0.05, 0.1) is 18.5 Å². The summed E-state index contributed by atoms with van der Waals surface area (Å²) in [4.78, 5) is 27.9. The molecule has 0 N–H and O–H groups in total. The van der Waals surface area contributed by atoms with E-state index >= 15 is 0 Å². The molecule has 28 heavy (non-hydrogen) atoms. The van der Waals surface area contributed by atoms with Crippen molar-refractivity contribution in [1.82, 2.24) is 9.80 Å². The highest BCUT2D eigenvalue weighted by Crippen LogP contribution is 2.26. The minimum Gasteiger partial charge on any atom is -0.445 e. The molecule has 1 aliphatic heterocycles. The van der Waals surface area contributed by atoms with E-state index < -0.39 is 11.7 Å². The summed E-state index contributed by atoms with van der Waals surface area (Å²) in [6.07, 6.45) is 0.0626. The Morgan fingerprint density at radius 3 is 2.61 bits per heavy atom. The van der Waals surface area contributed by atoms with Crippen LogP contribution < -0.4 is 0 Å². The van der Waals surface area contributed by atoms with E-state index in [0.29, 0.717) is 19.5 Å². The Bertz CT molecular complexity index is 709. The number of nitrogens with zero attached hydrogens (tertiary/aromatic N) is 3. The van der Waals surface area contributed by atoms with Gasteiger partial charge in [-0.05, 0) is 38.7 Å². The fraction of sp³-hybridized carbons (Fsp3) is 0.571. The molecule has 2 amide bonds. The Morgan fingerprint density at radius 2 is 2.00 bits per heavy atom. The van der Waals surface area contributed by atoms with Crippen molar-refractivity contribution < 1.29 is 19.1 Å². The quantitative estimate of drug-likeness (QED) is 0.767. The molecule has 2 rings (SSSR count). The Labute approximate surface area is 166 Å². The van der Waals surface area contributed by atoms with E-state index in [4.69, 9.17) is 9.47 Å². The monoisotopic (exact) mass is 387 g/mol. The number of carbonyl (C=O) groups is 2. The minimum atomic E-state index is -0.606. The molecule has 0 aliphatic carbocycles. The second kappa shape index (κ2) is 9.45. The number of benzene rings is 1. The minimum absolute atomic E-state index is 0.00134. The smallest absolute Gasteiger partial charge is 0.410 e. The first-order chi connectivity index (χ1) is 13.2. The highest BCUT2D eigenvalue weighted by molar-refractivity contribution is 5.69. The van der Waals surface area contributed by atoms with Gasteiger partial charge in [0.25, 0.3) is 0 Å². The van der Waals surface area contributed by atoms with E-state index in [-0.39, 0.29) is 31.1 Å². The predicted octanol–water partition coefficient (Wildman–Crippen LogP) is 3.79. The first-order valence-corrected chi connectivity index (χ1v) is 9.49. The summed E-state index contributed by atoms with van der Waals surface area (Å²) in [6.45, 7) is 6.63. The second-order valence-electron chi connectivity index (χ2n) is 8.06. The first-order valence-electron chi connectivity index (χ1n) is 9.49. The highest BCUT2D eigenvalue weighted by atomic mass is 16.6. The topological polar surface area (TPSA) is 82.9 Å². The summed E-state index contributed by atoms with van der Waals surface area (Å²) >= 11 is 0. The van der Waals surface area contributed by atoms with Gasteiger partial charge in [-0.1, -0.05) is 30.3 Å². The summed E-state index contributed by atoms with van der Waals surface area (Å²) in [7, 11) is 1.65. The maximum Gasteiger partial charge on any atom is 0.410 e. The largest absolute Gasteiger partial charge is 0.445 e. The molecule has 7 heteroatoms. The zero-order valence-electron chi connectivity index (χ0n) is 17.1. The van der Waals surface area contributed by atoms with Crippen LogP contribution in [0.1, 0.15) is 39.2 Å². The molecule has 0 bridgehead atoms. The molecule has 2 atom stereocenters. The lowest BCUT2D eigenvalue weighted by molar-refractivity contribution is 0.0172. The van der Waals surface area contributed by atoms with Crippen molar-refractivity contribution in [3.8, 4) is 6.07 Å². The lowest BCUT2D eigenvalue weighted by Gasteiger charge is -2.32. The summed E-state index contributed by atoms with van der Waals surface area (Å²) in [5, 5.41) is 9.21. The first kappa shape index (κ1) is 21.5. The average Bonchev–Trinajstić information content (AvgIpc) is 3.13. The summed E-state index contributed by atoms with van der Waals surface area (Å²) < 4.78 is 10.8. The van der Waals surface area contributed by atoms with E-state index in [1.165, 1.54) is 4.90 Å². The molecule has 0 saturated carbocycles. The van der Waals surface area contributed by atoms with Crippen molar-refractivity contribution in [3.05, 3.63) is 35.9 Å². The van der Waals surface area contributed by atoms with Gasteiger partial charge in [0.2, 0.25) is 0 Å². The fourth-order valence-electron chi connectivity index (χ4n) is 3.26. The van der Waals surface area contributed by atoms with Gasteiger partial charge in [-0.3, -0.25) is 0 Å². The van der Waals surface area contributed by atoms with E-state index in [1.807, 2.05) is 30.3 Å². The molecule has 1 saturated heterocycles. The Kier molecular flexibility index (Phi) is 7.27. The lowest BCUT2D eigenvalue weighted by atomic mass is 9.95. The van der Waals surface area contributed by atoms with Gasteiger partial charge < -0.3 is 19.3 Å². The molecule has 0 unspecified atom stereocenters. The molecule has 1 aromatic rings. The van der Waals surface area contributed by atoms with E-state index in [9.17, 15) is 14.9 Å². The van der Waals surface area contributed by atoms with E-state index in [2.05, 4.69) is 6.07 Å². The molecule has 7 nitrogen and oxygen atoms in total. The van der Waals surface area contributed by atoms with Crippen LogP contribution in [-0.2, 0) is 16.1 Å². The van der Waals surface area contributed by atoms with Crippen LogP contribution >= 0.6 is 0 Å². The van der Waals surface area contributed by atoms with E-state index in [1.54, 1.807) is 32.7 Å². The van der Waals surface area contributed by atoms with Crippen LogP contribution in [0.3, 0.4) is 0 Å². The molecule has 0 radical (unpaired) electrons. The third-order valence-corrected chi connectivity index (χ3v) is 4.71. The van der Waals surface area contributed by atoms with Crippen LogP contribution in [0, 0.1) is 17.2 Å². The molecule has 1 aliphatic rings. The maximum absolute atomic E-state index is 12.4. The van der Waals surface area contributed by atoms with Crippen LogP contribution in [0.15, 0.2) is 30.3 Å². The van der Waals surface area contributed by atoms with Gasteiger partial charge in [-0.2, -0.15) is 5.26 Å². The Morgan fingerprint density at radius 1 is 1.32 bits per heavy atom. The number of carbonyl (C=O) groups excluding carboxylic acids is 2. The van der Waals surface area contributed by atoms with Crippen LogP contribution in [0.4, 0.5) is 9.59 Å². The molecule has 1 heterocycles. The number of hydrogen-bond donors (Lipinski definition) is 0.